The summed E-state index contributed by atoms with van der Waals surface area (Å²) in [5.74, 6) is 0.299. The van der Waals surface area contributed by atoms with Crippen LogP contribution in [0.3, 0.4) is 0 Å². The van der Waals surface area contributed by atoms with Crippen molar-refractivity contribution < 1.29 is 18.0 Å². The molecule has 1 heterocycles. The Kier molecular flexibility index (Phi) is 4.17. The largest absolute Gasteiger partial charge is 0.416 e. The molecule has 0 spiro atoms. The summed E-state index contributed by atoms with van der Waals surface area (Å²) >= 11 is 0. The Bertz CT molecular complexity index is 473. The van der Waals surface area contributed by atoms with Crippen LogP contribution in [0.25, 0.3) is 0 Å². The zero-order chi connectivity index (χ0) is 14.8. The van der Waals surface area contributed by atoms with Crippen molar-refractivity contribution >= 4 is 11.7 Å². The van der Waals surface area contributed by atoms with Crippen LogP contribution in [0.15, 0.2) is 24.3 Å². The molecule has 0 saturated carbocycles. The zero-order valence-corrected chi connectivity index (χ0v) is 10.8. The van der Waals surface area contributed by atoms with Gasteiger partial charge >= 0.3 is 12.2 Å². The molecule has 110 valence electrons. The minimum Gasteiger partial charge on any atom is -0.330 e. The Morgan fingerprint density at radius 2 is 2.00 bits per heavy atom. The number of nitrogens with zero attached hydrogens (tertiary/aromatic N) is 1. The molecule has 1 aliphatic heterocycles. The van der Waals surface area contributed by atoms with Crippen molar-refractivity contribution in [2.75, 3.05) is 25.0 Å². The molecule has 2 rings (SSSR count). The minimum atomic E-state index is -4.37. The maximum absolute atomic E-state index is 12.4. The van der Waals surface area contributed by atoms with Gasteiger partial charge in [0, 0.05) is 18.8 Å². The van der Waals surface area contributed by atoms with Crippen LogP contribution in [0.1, 0.15) is 12.0 Å². The van der Waals surface area contributed by atoms with Crippen LogP contribution in [0.4, 0.5) is 23.7 Å². The first-order valence-electron chi connectivity index (χ1n) is 6.33. The second-order valence-electron chi connectivity index (χ2n) is 4.84. The molecule has 4 nitrogen and oxygen atoms in total. The number of hydrogen-bond donors (Lipinski definition) is 2. The highest BCUT2D eigenvalue weighted by Gasteiger charge is 2.30. The van der Waals surface area contributed by atoms with E-state index in [1.54, 1.807) is 4.90 Å². The number of amides is 2. The fraction of sp³-hybridized carbons (Fsp3) is 0.462. The van der Waals surface area contributed by atoms with Crippen molar-refractivity contribution in [2.24, 2.45) is 11.7 Å². The first-order valence-corrected chi connectivity index (χ1v) is 6.33. The standard InChI is InChI=1S/C13H16F3N3O/c14-13(15,16)10-1-3-11(4-2-10)18-12(20)19-6-5-9(7-17)8-19/h1-4,9H,5-8,17H2,(H,18,20). The van der Waals surface area contributed by atoms with Crippen LogP contribution in [-0.2, 0) is 6.18 Å². The number of carbonyl (C=O) groups excluding carboxylic acids is 1. The predicted octanol–water partition coefficient (Wildman–Crippen LogP) is 2.52. The van der Waals surface area contributed by atoms with Gasteiger partial charge in [0.15, 0.2) is 0 Å². The van der Waals surface area contributed by atoms with Gasteiger partial charge in [-0.3, -0.25) is 0 Å². The summed E-state index contributed by atoms with van der Waals surface area (Å²) in [5, 5.41) is 2.59. The van der Waals surface area contributed by atoms with Crippen molar-refractivity contribution in [3.05, 3.63) is 29.8 Å². The molecule has 2 amide bonds. The second-order valence-corrected chi connectivity index (χ2v) is 4.84. The third kappa shape index (κ3) is 3.41. The average Bonchev–Trinajstić information content (AvgIpc) is 2.87. The summed E-state index contributed by atoms with van der Waals surface area (Å²) in [6, 6.07) is 4.08. The monoisotopic (exact) mass is 287 g/mol. The van der Waals surface area contributed by atoms with E-state index in [2.05, 4.69) is 5.32 Å². The number of carbonyl (C=O) groups is 1. The lowest BCUT2D eigenvalue weighted by Gasteiger charge is -2.17. The highest BCUT2D eigenvalue weighted by atomic mass is 19.4. The Morgan fingerprint density at radius 1 is 1.35 bits per heavy atom. The predicted molar refractivity (Wildman–Crippen MR) is 69.2 cm³/mol. The number of anilines is 1. The quantitative estimate of drug-likeness (QED) is 0.878. The molecule has 1 aromatic rings. The van der Waals surface area contributed by atoms with Gasteiger partial charge in [0.05, 0.1) is 5.56 Å². The third-order valence-corrected chi connectivity index (χ3v) is 3.37. The molecule has 1 fully saturated rings. The zero-order valence-electron chi connectivity index (χ0n) is 10.8. The molecule has 0 aromatic heterocycles. The Morgan fingerprint density at radius 3 is 2.50 bits per heavy atom. The van der Waals surface area contributed by atoms with E-state index >= 15 is 0 Å². The first-order chi connectivity index (χ1) is 9.40. The average molecular weight is 287 g/mol. The van der Waals surface area contributed by atoms with E-state index in [9.17, 15) is 18.0 Å². The van der Waals surface area contributed by atoms with Crippen molar-refractivity contribution in [2.45, 2.75) is 12.6 Å². The number of nitrogens with two attached hydrogens (primary N) is 1. The molecule has 20 heavy (non-hydrogen) atoms. The summed E-state index contributed by atoms with van der Waals surface area (Å²) < 4.78 is 37.2. The maximum atomic E-state index is 12.4. The number of likely N-dealkylation sites (tertiary alicyclic amines) is 1. The van der Waals surface area contributed by atoms with Crippen molar-refractivity contribution in [1.82, 2.24) is 4.90 Å². The smallest absolute Gasteiger partial charge is 0.330 e. The molecule has 0 bridgehead atoms. The van der Waals surface area contributed by atoms with Gasteiger partial charge < -0.3 is 16.0 Å². The molecule has 1 aliphatic rings. The molecule has 1 unspecified atom stereocenters. The summed E-state index contributed by atoms with van der Waals surface area (Å²) in [6.07, 6.45) is -3.51. The number of urea groups is 1. The van der Waals surface area contributed by atoms with Crippen molar-refractivity contribution in [3.8, 4) is 0 Å². The molecule has 3 N–H and O–H groups in total. The van der Waals surface area contributed by atoms with Gasteiger partial charge in [-0.25, -0.2) is 4.79 Å². The van der Waals surface area contributed by atoms with E-state index in [-0.39, 0.29) is 6.03 Å². The van der Waals surface area contributed by atoms with Gasteiger partial charge in [-0.1, -0.05) is 0 Å². The Hall–Kier alpha value is -1.76. The molecular weight excluding hydrogens is 271 g/mol. The Balaban J connectivity index is 1.95. The fourth-order valence-electron chi connectivity index (χ4n) is 2.15. The minimum absolute atomic E-state index is 0.299. The second kappa shape index (κ2) is 5.70. The fourth-order valence-corrected chi connectivity index (χ4v) is 2.15. The molecule has 7 heteroatoms. The Labute approximate surface area is 114 Å². The number of benzene rings is 1. The van der Waals surface area contributed by atoms with E-state index in [0.717, 1.165) is 18.6 Å². The number of nitrogens with one attached hydrogen (secondary N) is 1. The molecule has 0 aliphatic carbocycles. The van der Waals surface area contributed by atoms with Crippen LogP contribution in [0.5, 0.6) is 0 Å². The maximum Gasteiger partial charge on any atom is 0.416 e. The van der Waals surface area contributed by atoms with Gasteiger partial charge in [-0.05, 0) is 43.1 Å². The lowest BCUT2D eigenvalue weighted by molar-refractivity contribution is -0.137. The van der Waals surface area contributed by atoms with Crippen molar-refractivity contribution in [3.63, 3.8) is 0 Å². The number of halogens is 3. The van der Waals surface area contributed by atoms with Crippen LogP contribution in [0.2, 0.25) is 0 Å². The highest BCUT2D eigenvalue weighted by molar-refractivity contribution is 5.89. The summed E-state index contributed by atoms with van der Waals surface area (Å²) in [7, 11) is 0. The van der Waals surface area contributed by atoms with Gasteiger partial charge in [0.1, 0.15) is 0 Å². The van der Waals surface area contributed by atoms with E-state index < -0.39 is 11.7 Å². The first kappa shape index (κ1) is 14.6. The van der Waals surface area contributed by atoms with E-state index in [4.69, 9.17) is 5.73 Å². The molecule has 1 saturated heterocycles. The lowest BCUT2D eigenvalue weighted by Crippen LogP contribution is -2.33. The van der Waals surface area contributed by atoms with E-state index in [0.29, 0.717) is 31.2 Å². The highest BCUT2D eigenvalue weighted by Crippen LogP contribution is 2.29. The van der Waals surface area contributed by atoms with E-state index in [1.165, 1.54) is 12.1 Å². The number of alkyl halides is 3. The summed E-state index contributed by atoms with van der Waals surface area (Å²) in [4.78, 5) is 13.5. The van der Waals surface area contributed by atoms with Crippen LogP contribution in [-0.4, -0.2) is 30.6 Å². The van der Waals surface area contributed by atoms with Crippen molar-refractivity contribution in [1.29, 1.82) is 0 Å². The number of rotatable bonds is 2. The SMILES string of the molecule is NCC1CCN(C(=O)Nc2ccc(C(F)(F)F)cc2)C1. The molecule has 1 aromatic carbocycles. The molecule has 1 atom stereocenters. The molecular formula is C13H16F3N3O. The van der Waals surface area contributed by atoms with Crippen LogP contribution < -0.4 is 11.1 Å². The topological polar surface area (TPSA) is 58.4 Å². The van der Waals surface area contributed by atoms with E-state index in [1.807, 2.05) is 0 Å². The third-order valence-electron chi connectivity index (χ3n) is 3.37. The van der Waals surface area contributed by atoms with Gasteiger partial charge in [0.2, 0.25) is 0 Å². The summed E-state index contributed by atoms with van der Waals surface area (Å²) in [5.41, 5.74) is 5.15. The van der Waals surface area contributed by atoms with Gasteiger partial charge in [-0.2, -0.15) is 13.2 Å². The van der Waals surface area contributed by atoms with Crippen LogP contribution in [0, 0.1) is 5.92 Å². The lowest BCUT2D eigenvalue weighted by atomic mass is 10.1. The normalized spacial score (nSPS) is 19.2. The molecule has 0 radical (unpaired) electrons. The van der Waals surface area contributed by atoms with Gasteiger partial charge in [0.25, 0.3) is 0 Å². The van der Waals surface area contributed by atoms with Crippen LogP contribution >= 0.6 is 0 Å². The summed E-state index contributed by atoms with van der Waals surface area (Å²) in [6.45, 7) is 1.74. The van der Waals surface area contributed by atoms with Gasteiger partial charge in [-0.15, -0.1) is 0 Å². The number of hydrogen-bond acceptors (Lipinski definition) is 2.